The first-order chi connectivity index (χ1) is 18.2. The van der Waals surface area contributed by atoms with Crippen molar-refractivity contribution in [2.24, 2.45) is 5.92 Å². The Morgan fingerprint density at radius 3 is 2.42 bits per heavy atom. The summed E-state index contributed by atoms with van der Waals surface area (Å²) < 4.78 is 29.0. The number of hydrogen-bond donors (Lipinski definition) is 3. The Labute approximate surface area is 222 Å². The minimum atomic E-state index is -4.04. The number of fused-ring (bicyclic) bond motifs is 1. The summed E-state index contributed by atoms with van der Waals surface area (Å²) >= 11 is 0. The van der Waals surface area contributed by atoms with Crippen LogP contribution in [0.25, 0.3) is 10.9 Å². The summed E-state index contributed by atoms with van der Waals surface area (Å²) in [4.78, 5) is 41.2. The molecule has 1 aliphatic carbocycles. The Balaban J connectivity index is 1.49. The summed E-state index contributed by atoms with van der Waals surface area (Å²) in [7, 11) is -4.04. The van der Waals surface area contributed by atoms with Crippen molar-refractivity contribution in [3.8, 4) is 0 Å². The first-order valence-electron chi connectivity index (χ1n) is 13.3. The molecule has 2 amide bonds. The number of benzene rings is 2. The Morgan fingerprint density at radius 2 is 1.74 bits per heavy atom. The number of carbonyl (C=O) groups excluding carboxylic acids is 1. The van der Waals surface area contributed by atoms with E-state index in [4.69, 9.17) is 0 Å². The van der Waals surface area contributed by atoms with E-state index in [9.17, 15) is 22.8 Å². The maximum Gasteiger partial charge on any atom is 0.329 e. The number of rotatable bonds is 9. The van der Waals surface area contributed by atoms with Crippen molar-refractivity contribution in [1.82, 2.24) is 19.6 Å². The molecule has 0 spiro atoms. The largest absolute Gasteiger partial charge is 0.335 e. The molecular formula is C28H36N4O5S. The molecule has 2 aromatic carbocycles. The highest BCUT2D eigenvalue weighted by Gasteiger charge is 2.23. The average Bonchev–Trinajstić information content (AvgIpc) is 2.88. The molecule has 10 heteroatoms. The van der Waals surface area contributed by atoms with Crippen molar-refractivity contribution >= 4 is 27.0 Å². The molecule has 9 nitrogen and oxygen atoms in total. The number of nitrogens with one attached hydrogen (secondary N) is 3. The van der Waals surface area contributed by atoms with Crippen LogP contribution in [0.1, 0.15) is 70.4 Å². The van der Waals surface area contributed by atoms with E-state index in [-0.39, 0.29) is 22.5 Å². The van der Waals surface area contributed by atoms with Gasteiger partial charge in [-0.3, -0.25) is 9.36 Å². The fourth-order valence-electron chi connectivity index (χ4n) is 5.15. The lowest BCUT2D eigenvalue weighted by Gasteiger charge is -2.26. The molecule has 4 rings (SSSR count). The van der Waals surface area contributed by atoms with Gasteiger partial charge in [-0.15, -0.1) is 0 Å². The molecule has 3 N–H and O–H groups in total. The van der Waals surface area contributed by atoms with Crippen molar-refractivity contribution in [2.75, 3.05) is 0 Å². The first kappa shape index (κ1) is 27.6. The Kier molecular flexibility index (Phi) is 8.71. The predicted octanol–water partition coefficient (Wildman–Crippen LogP) is 4.23. The second kappa shape index (κ2) is 12.0. The minimum absolute atomic E-state index is 0.0227. The lowest BCUT2D eigenvalue weighted by atomic mass is 9.87. The van der Waals surface area contributed by atoms with Crippen LogP contribution in [0.2, 0.25) is 0 Å². The molecule has 1 unspecified atom stereocenters. The van der Waals surface area contributed by atoms with Crippen LogP contribution in [0.5, 0.6) is 0 Å². The zero-order chi connectivity index (χ0) is 27.3. The lowest BCUT2D eigenvalue weighted by Crippen LogP contribution is -2.45. The number of aromatic amines is 1. The highest BCUT2D eigenvalue weighted by Crippen LogP contribution is 2.24. The average molecular weight is 541 g/mol. The standard InChI is InChI=1S/C28H36N4O5S/c1-3-4-7-22(32-26(33)24-8-5-6-9-25(24)30-28(32)35)18-20-12-16-23(17-13-20)38(36,37)31-27(34)29-21-14-10-19(2)11-15-21/h5-6,8-9,12-13,16-17,19,21-22H,3-4,7,10-11,14-15,18H2,1-2H3,(H,30,35)(H2,29,31,34). The maximum absolute atomic E-state index is 13.2. The number of H-pyrrole nitrogens is 1. The van der Waals surface area contributed by atoms with E-state index >= 15 is 0 Å². The van der Waals surface area contributed by atoms with Crippen LogP contribution in [0.3, 0.4) is 0 Å². The predicted molar refractivity (Wildman–Crippen MR) is 148 cm³/mol. The van der Waals surface area contributed by atoms with Gasteiger partial charge >= 0.3 is 11.7 Å². The number of urea groups is 1. The number of sulfonamides is 1. The van der Waals surface area contributed by atoms with E-state index in [1.54, 1.807) is 36.4 Å². The molecule has 1 fully saturated rings. The third-order valence-corrected chi connectivity index (χ3v) is 8.72. The van der Waals surface area contributed by atoms with Gasteiger partial charge in [0.15, 0.2) is 0 Å². The molecular weight excluding hydrogens is 504 g/mol. The number of unbranched alkanes of at least 4 members (excludes halogenated alkanes) is 1. The van der Waals surface area contributed by atoms with Gasteiger partial charge in [0, 0.05) is 12.1 Å². The Hall–Kier alpha value is -3.40. The van der Waals surface area contributed by atoms with E-state index in [1.165, 1.54) is 16.7 Å². The van der Waals surface area contributed by atoms with E-state index in [0.29, 0.717) is 29.7 Å². The second-order valence-electron chi connectivity index (χ2n) is 10.3. The number of hydrogen-bond acceptors (Lipinski definition) is 5. The van der Waals surface area contributed by atoms with Gasteiger partial charge in [0.1, 0.15) is 0 Å². The molecule has 0 bridgehead atoms. The zero-order valence-corrected chi connectivity index (χ0v) is 22.7. The van der Waals surface area contributed by atoms with Gasteiger partial charge in [0.05, 0.1) is 15.8 Å². The van der Waals surface area contributed by atoms with Gasteiger partial charge in [-0.1, -0.05) is 51.0 Å². The monoisotopic (exact) mass is 540 g/mol. The number of para-hydroxylation sites is 1. The normalized spacial score (nSPS) is 18.7. The zero-order valence-electron chi connectivity index (χ0n) is 21.9. The van der Waals surface area contributed by atoms with Crippen LogP contribution < -0.4 is 21.3 Å². The highest BCUT2D eigenvalue weighted by molar-refractivity contribution is 7.90. The molecule has 3 aromatic rings. The minimum Gasteiger partial charge on any atom is -0.335 e. The van der Waals surface area contributed by atoms with Crippen molar-refractivity contribution < 1.29 is 13.2 Å². The smallest absolute Gasteiger partial charge is 0.329 e. The van der Waals surface area contributed by atoms with Gasteiger partial charge in [-0.2, -0.15) is 0 Å². The SMILES string of the molecule is CCCCC(Cc1ccc(S(=O)(=O)NC(=O)NC2CCC(C)CC2)cc1)n1c(=O)[nH]c2ccccc2c1=O. The van der Waals surface area contributed by atoms with Crippen LogP contribution >= 0.6 is 0 Å². The molecule has 0 radical (unpaired) electrons. The summed E-state index contributed by atoms with van der Waals surface area (Å²) in [5, 5.41) is 3.22. The molecule has 204 valence electrons. The number of carbonyl (C=O) groups is 1. The van der Waals surface area contributed by atoms with Crippen LogP contribution in [-0.4, -0.2) is 30.0 Å². The third-order valence-electron chi connectivity index (χ3n) is 7.38. The molecule has 1 aromatic heterocycles. The van der Waals surface area contributed by atoms with Crippen molar-refractivity contribution in [3.63, 3.8) is 0 Å². The fourth-order valence-corrected chi connectivity index (χ4v) is 6.06. The van der Waals surface area contributed by atoms with Gasteiger partial charge in [0.25, 0.3) is 15.6 Å². The van der Waals surface area contributed by atoms with E-state index in [2.05, 4.69) is 21.9 Å². The van der Waals surface area contributed by atoms with Crippen molar-refractivity contribution in [3.05, 3.63) is 74.9 Å². The quantitative estimate of drug-likeness (QED) is 0.374. The summed E-state index contributed by atoms with van der Waals surface area (Å²) in [6.07, 6.45) is 6.44. The van der Waals surface area contributed by atoms with E-state index in [0.717, 1.165) is 44.1 Å². The van der Waals surface area contributed by atoms with Crippen molar-refractivity contribution in [2.45, 2.75) is 82.2 Å². The second-order valence-corrected chi connectivity index (χ2v) is 12.0. The summed E-state index contributed by atoms with van der Waals surface area (Å²) in [5.41, 5.74) is 0.478. The molecule has 1 aliphatic rings. The van der Waals surface area contributed by atoms with Gasteiger partial charge in [-0.05, 0) is 74.3 Å². The van der Waals surface area contributed by atoms with E-state index in [1.807, 2.05) is 6.92 Å². The molecule has 0 aliphatic heterocycles. The Bertz CT molecular complexity index is 1490. The van der Waals surface area contributed by atoms with Crippen LogP contribution in [0, 0.1) is 5.92 Å². The topological polar surface area (TPSA) is 130 Å². The summed E-state index contributed by atoms with van der Waals surface area (Å²) in [6, 6.07) is 12.0. The molecule has 38 heavy (non-hydrogen) atoms. The van der Waals surface area contributed by atoms with Crippen molar-refractivity contribution in [1.29, 1.82) is 0 Å². The third kappa shape index (κ3) is 6.53. The van der Waals surface area contributed by atoms with Gasteiger partial charge < -0.3 is 10.3 Å². The molecule has 1 atom stereocenters. The molecule has 1 heterocycles. The van der Waals surface area contributed by atoms with Gasteiger partial charge in [-0.25, -0.2) is 22.7 Å². The molecule has 0 saturated heterocycles. The van der Waals surface area contributed by atoms with Crippen LogP contribution in [0.4, 0.5) is 4.79 Å². The number of aromatic nitrogens is 2. The van der Waals surface area contributed by atoms with Gasteiger partial charge in [0.2, 0.25) is 0 Å². The summed E-state index contributed by atoms with van der Waals surface area (Å²) in [5.74, 6) is 0.623. The van der Waals surface area contributed by atoms with Crippen LogP contribution in [-0.2, 0) is 16.4 Å². The summed E-state index contributed by atoms with van der Waals surface area (Å²) in [6.45, 7) is 4.22. The number of nitrogens with zero attached hydrogens (tertiary/aromatic N) is 1. The number of amides is 2. The lowest BCUT2D eigenvalue weighted by molar-refractivity contribution is 0.233. The fraction of sp³-hybridized carbons (Fsp3) is 0.464. The molecule has 1 saturated carbocycles. The highest BCUT2D eigenvalue weighted by atomic mass is 32.2. The van der Waals surface area contributed by atoms with E-state index < -0.39 is 21.7 Å². The Morgan fingerprint density at radius 1 is 1.05 bits per heavy atom. The maximum atomic E-state index is 13.2. The first-order valence-corrected chi connectivity index (χ1v) is 14.8. The van der Waals surface area contributed by atoms with Crippen LogP contribution in [0.15, 0.2) is 63.0 Å².